The Balaban J connectivity index is 2.86. The lowest BCUT2D eigenvalue weighted by molar-refractivity contribution is 0.0690. The molecule has 0 aliphatic rings. The van der Waals surface area contributed by atoms with Gasteiger partial charge < -0.3 is 15.3 Å². The lowest BCUT2D eigenvalue weighted by Gasteiger charge is -2.20. The number of hydrogen-bond acceptors (Lipinski definition) is 3. The van der Waals surface area contributed by atoms with Crippen molar-refractivity contribution in [1.29, 1.82) is 0 Å². The molecule has 0 heterocycles. The first kappa shape index (κ1) is 14.4. The standard InChI is InChI=1S/C12H16F2N2O2/c1-7(16(2)3)6-15-9-5-4-8(12(17)18)10(13)11(9)14/h4-5,7,15H,6H2,1-3H3,(H,17,18). The summed E-state index contributed by atoms with van der Waals surface area (Å²) in [5.41, 5.74) is -0.704. The number of aromatic carboxylic acids is 1. The highest BCUT2D eigenvalue weighted by Crippen LogP contribution is 2.20. The second kappa shape index (κ2) is 5.77. The number of anilines is 1. The van der Waals surface area contributed by atoms with Crippen molar-refractivity contribution in [2.45, 2.75) is 13.0 Å². The highest BCUT2D eigenvalue weighted by molar-refractivity contribution is 5.88. The smallest absolute Gasteiger partial charge is 0.338 e. The van der Waals surface area contributed by atoms with E-state index in [1.54, 1.807) is 0 Å². The molecule has 100 valence electrons. The summed E-state index contributed by atoms with van der Waals surface area (Å²) >= 11 is 0. The van der Waals surface area contributed by atoms with Gasteiger partial charge in [-0.2, -0.15) is 0 Å². The summed E-state index contributed by atoms with van der Waals surface area (Å²) in [6.45, 7) is 2.35. The zero-order valence-corrected chi connectivity index (χ0v) is 10.5. The van der Waals surface area contributed by atoms with Crippen LogP contribution in [0, 0.1) is 11.6 Å². The van der Waals surface area contributed by atoms with Crippen LogP contribution in [0.1, 0.15) is 17.3 Å². The van der Waals surface area contributed by atoms with Gasteiger partial charge in [-0.3, -0.25) is 0 Å². The zero-order valence-electron chi connectivity index (χ0n) is 10.5. The highest BCUT2D eigenvalue weighted by Gasteiger charge is 2.18. The van der Waals surface area contributed by atoms with E-state index in [1.807, 2.05) is 25.9 Å². The van der Waals surface area contributed by atoms with E-state index in [-0.39, 0.29) is 11.7 Å². The van der Waals surface area contributed by atoms with E-state index in [4.69, 9.17) is 5.11 Å². The molecule has 1 rings (SSSR count). The predicted molar refractivity (Wildman–Crippen MR) is 65.0 cm³/mol. The topological polar surface area (TPSA) is 52.6 Å². The Kier molecular flexibility index (Phi) is 4.61. The van der Waals surface area contributed by atoms with Crippen LogP contribution in [0.2, 0.25) is 0 Å². The van der Waals surface area contributed by atoms with E-state index in [9.17, 15) is 13.6 Å². The summed E-state index contributed by atoms with van der Waals surface area (Å²) in [6, 6.07) is 2.40. The summed E-state index contributed by atoms with van der Waals surface area (Å²) in [4.78, 5) is 12.5. The van der Waals surface area contributed by atoms with Gasteiger partial charge in [-0.15, -0.1) is 0 Å². The largest absolute Gasteiger partial charge is 0.478 e. The van der Waals surface area contributed by atoms with Crippen LogP contribution in [0.15, 0.2) is 12.1 Å². The van der Waals surface area contributed by atoms with Crippen LogP contribution >= 0.6 is 0 Å². The number of nitrogens with zero attached hydrogens (tertiary/aromatic N) is 1. The molecule has 0 radical (unpaired) electrons. The number of benzene rings is 1. The molecule has 0 amide bonds. The molecule has 1 aromatic carbocycles. The van der Waals surface area contributed by atoms with Gasteiger partial charge in [0, 0.05) is 12.6 Å². The van der Waals surface area contributed by atoms with Crippen molar-refractivity contribution in [2.24, 2.45) is 0 Å². The lowest BCUT2D eigenvalue weighted by atomic mass is 10.1. The molecule has 2 N–H and O–H groups in total. The number of carboxylic acids is 1. The summed E-state index contributed by atoms with van der Waals surface area (Å²) in [7, 11) is 3.74. The van der Waals surface area contributed by atoms with Crippen molar-refractivity contribution in [2.75, 3.05) is 26.0 Å². The minimum absolute atomic E-state index is 0.0359. The Hall–Kier alpha value is -1.69. The third kappa shape index (κ3) is 3.16. The van der Waals surface area contributed by atoms with E-state index in [0.717, 1.165) is 6.07 Å². The van der Waals surface area contributed by atoms with Gasteiger partial charge in [0.1, 0.15) is 0 Å². The van der Waals surface area contributed by atoms with Gasteiger partial charge in [0.05, 0.1) is 11.3 Å². The third-order valence-electron chi connectivity index (χ3n) is 2.78. The van der Waals surface area contributed by atoms with Crippen molar-refractivity contribution in [3.8, 4) is 0 Å². The first-order chi connectivity index (χ1) is 8.34. The molecule has 0 fully saturated rings. The van der Waals surface area contributed by atoms with Crippen LogP contribution < -0.4 is 5.32 Å². The summed E-state index contributed by atoms with van der Waals surface area (Å²) in [5, 5.41) is 11.4. The maximum absolute atomic E-state index is 13.6. The Morgan fingerprint density at radius 2 is 2.00 bits per heavy atom. The SMILES string of the molecule is CC(CNc1ccc(C(=O)O)c(F)c1F)N(C)C. The van der Waals surface area contributed by atoms with Crippen molar-refractivity contribution < 1.29 is 18.7 Å². The molecule has 0 saturated heterocycles. The van der Waals surface area contributed by atoms with Crippen LogP contribution in [0.5, 0.6) is 0 Å². The Labute approximate surface area is 104 Å². The van der Waals surface area contributed by atoms with Crippen molar-refractivity contribution in [3.63, 3.8) is 0 Å². The van der Waals surface area contributed by atoms with Crippen LogP contribution in [0.25, 0.3) is 0 Å². The second-order valence-electron chi connectivity index (χ2n) is 4.29. The third-order valence-corrected chi connectivity index (χ3v) is 2.78. The number of carboxylic acid groups (broad SMARTS) is 1. The molecule has 0 bridgehead atoms. The average Bonchev–Trinajstić information content (AvgIpc) is 2.30. The van der Waals surface area contributed by atoms with Crippen molar-refractivity contribution in [3.05, 3.63) is 29.3 Å². The molecule has 1 aromatic rings. The van der Waals surface area contributed by atoms with Gasteiger partial charge in [0.2, 0.25) is 0 Å². The fourth-order valence-electron chi connectivity index (χ4n) is 1.29. The minimum atomic E-state index is -1.49. The summed E-state index contributed by atoms with van der Waals surface area (Å²) in [6.07, 6.45) is 0. The molecule has 4 nitrogen and oxygen atoms in total. The Bertz CT molecular complexity index is 450. The summed E-state index contributed by atoms with van der Waals surface area (Å²) in [5.74, 6) is -3.99. The molecule has 0 spiro atoms. The fraction of sp³-hybridized carbons (Fsp3) is 0.417. The van der Waals surface area contributed by atoms with Crippen LogP contribution in [0.3, 0.4) is 0 Å². The molecule has 0 aliphatic carbocycles. The molecule has 1 unspecified atom stereocenters. The highest BCUT2D eigenvalue weighted by atomic mass is 19.2. The van der Waals surface area contributed by atoms with E-state index >= 15 is 0 Å². The van der Waals surface area contributed by atoms with Crippen LogP contribution in [-0.4, -0.2) is 42.7 Å². The molecular weight excluding hydrogens is 242 g/mol. The molecule has 18 heavy (non-hydrogen) atoms. The van der Waals surface area contributed by atoms with Crippen molar-refractivity contribution >= 4 is 11.7 Å². The lowest BCUT2D eigenvalue weighted by Crippen LogP contribution is -2.31. The van der Waals surface area contributed by atoms with Crippen molar-refractivity contribution in [1.82, 2.24) is 4.90 Å². The molecule has 0 aliphatic heterocycles. The Morgan fingerprint density at radius 1 is 1.39 bits per heavy atom. The van der Waals surface area contributed by atoms with Crippen LogP contribution in [-0.2, 0) is 0 Å². The van der Waals surface area contributed by atoms with Gasteiger partial charge >= 0.3 is 5.97 Å². The van der Waals surface area contributed by atoms with E-state index < -0.39 is 23.2 Å². The number of halogens is 2. The number of nitrogens with one attached hydrogen (secondary N) is 1. The predicted octanol–water partition coefficient (Wildman–Crippen LogP) is 2.02. The maximum atomic E-state index is 13.6. The first-order valence-corrected chi connectivity index (χ1v) is 5.46. The van der Waals surface area contributed by atoms with Gasteiger partial charge in [0.25, 0.3) is 0 Å². The molecule has 0 saturated carbocycles. The zero-order chi connectivity index (χ0) is 13.9. The number of carbonyl (C=O) groups is 1. The Morgan fingerprint density at radius 3 is 2.50 bits per heavy atom. The minimum Gasteiger partial charge on any atom is -0.478 e. The molecular formula is C12H16F2N2O2. The average molecular weight is 258 g/mol. The second-order valence-corrected chi connectivity index (χ2v) is 4.29. The molecule has 6 heteroatoms. The van der Waals surface area contributed by atoms with Crippen LogP contribution in [0.4, 0.5) is 14.5 Å². The number of likely N-dealkylation sites (N-methyl/N-ethyl adjacent to an activating group) is 1. The maximum Gasteiger partial charge on any atom is 0.338 e. The van der Waals surface area contributed by atoms with Gasteiger partial charge in [-0.25, -0.2) is 13.6 Å². The number of hydrogen-bond donors (Lipinski definition) is 2. The first-order valence-electron chi connectivity index (χ1n) is 5.46. The van der Waals surface area contributed by atoms with E-state index in [1.165, 1.54) is 6.07 Å². The molecule has 0 aromatic heterocycles. The van der Waals surface area contributed by atoms with Gasteiger partial charge in [0.15, 0.2) is 11.6 Å². The monoisotopic (exact) mass is 258 g/mol. The fourth-order valence-corrected chi connectivity index (χ4v) is 1.29. The quantitative estimate of drug-likeness (QED) is 0.848. The normalized spacial score (nSPS) is 12.6. The summed E-state index contributed by atoms with van der Waals surface area (Å²) < 4.78 is 26.9. The van der Waals surface area contributed by atoms with E-state index in [0.29, 0.717) is 6.54 Å². The van der Waals surface area contributed by atoms with Gasteiger partial charge in [-0.1, -0.05) is 0 Å². The van der Waals surface area contributed by atoms with Gasteiger partial charge in [-0.05, 0) is 33.2 Å². The number of rotatable bonds is 5. The van der Waals surface area contributed by atoms with E-state index in [2.05, 4.69) is 5.32 Å². The molecule has 1 atom stereocenters.